The quantitative estimate of drug-likeness (QED) is 0.177. The first-order chi connectivity index (χ1) is 33.1. The number of hydrogen-bond acceptors (Lipinski definition) is 3. The number of allylic oxidation sites excluding steroid dienone is 1. The summed E-state index contributed by atoms with van der Waals surface area (Å²) in [6, 6.07) is 65.1. The molecule has 13 aromatic rings. The third-order valence-electron chi connectivity index (χ3n) is 14.2. The van der Waals surface area contributed by atoms with Crippen molar-refractivity contribution in [3.8, 4) is 40.3 Å². The van der Waals surface area contributed by atoms with Crippen LogP contribution in [-0.4, -0.2) is 13.7 Å². The van der Waals surface area contributed by atoms with Crippen LogP contribution in [0.5, 0.6) is 0 Å². The van der Waals surface area contributed by atoms with E-state index in [0.717, 1.165) is 139 Å². The Morgan fingerprint density at radius 3 is 1.72 bits per heavy atom. The summed E-state index contributed by atoms with van der Waals surface area (Å²) < 4.78 is 13.4. The molecule has 0 atom stereocenters. The van der Waals surface area contributed by atoms with Gasteiger partial charge in [-0.1, -0.05) is 139 Å². The standard InChI is InChI=1S/C61H37N5O/c1-36-26-28-37(29-27-36)58-60(64-50-21-9-4-16-40(50)41-17-5-10-22-51(41)64)48(34-62)59(49(35-63)61(58)65-52-23-11-6-18-42(52)43-19-7-12-24-53(43)65)66-54-31-39-15-3-2-14-38(39)30-45(54)46-33-57-47(32-55(46)66)44-20-8-13-25-56(44)67-57/h2-11,13-23,25-33H,12,24H2,1H3. The molecule has 0 bridgehead atoms. The van der Waals surface area contributed by atoms with E-state index >= 15 is 0 Å². The van der Waals surface area contributed by atoms with Crippen LogP contribution in [0.1, 0.15) is 34.4 Å². The summed E-state index contributed by atoms with van der Waals surface area (Å²) in [4.78, 5) is 0. The van der Waals surface area contributed by atoms with E-state index in [2.05, 4.69) is 197 Å². The molecule has 0 amide bonds. The summed E-state index contributed by atoms with van der Waals surface area (Å²) in [5.74, 6) is 0. The summed E-state index contributed by atoms with van der Waals surface area (Å²) in [5, 5.41) is 33.9. The molecule has 312 valence electrons. The van der Waals surface area contributed by atoms with E-state index in [0.29, 0.717) is 16.8 Å². The molecule has 0 saturated heterocycles. The first kappa shape index (κ1) is 37.3. The zero-order valence-electron chi connectivity index (χ0n) is 36.4. The first-order valence-electron chi connectivity index (χ1n) is 22.8. The van der Waals surface area contributed by atoms with Crippen molar-refractivity contribution < 1.29 is 4.42 Å². The highest BCUT2D eigenvalue weighted by Crippen LogP contribution is 2.50. The molecule has 4 heterocycles. The first-order valence-corrected chi connectivity index (χ1v) is 22.8. The molecule has 0 unspecified atom stereocenters. The normalized spacial score (nSPS) is 12.6. The molecule has 6 heteroatoms. The predicted molar refractivity (Wildman–Crippen MR) is 274 cm³/mol. The van der Waals surface area contributed by atoms with Crippen molar-refractivity contribution in [3.63, 3.8) is 0 Å². The van der Waals surface area contributed by atoms with E-state index in [1.807, 2.05) is 18.2 Å². The number of furan rings is 1. The maximum Gasteiger partial charge on any atom is 0.136 e. The summed E-state index contributed by atoms with van der Waals surface area (Å²) in [6.07, 6.45) is 6.14. The Morgan fingerprint density at radius 2 is 1.01 bits per heavy atom. The summed E-state index contributed by atoms with van der Waals surface area (Å²) in [6.45, 7) is 2.09. The summed E-state index contributed by atoms with van der Waals surface area (Å²) >= 11 is 0. The predicted octanol–water partition coefficient (Wildman–Crippen LogP) is 15.6. The Hall–Kier alpha value is -9.10. The molecule has 4 aromatic heterocycles. The Morgan fingerprint density at radius 1 is 0.463 bits per heavy atom. The third-order valence-corrected chi connectivity index (χ3v) is 14.2. The van der Waals surface area contributed by atoms with Gasteiger partial charge in [-0.15, -0.1) is 0 Å². The van der Waals surface area contributed by atoms with Crippen LogP contribution in [-0.2, 0) is 6.42 Å². The summed E-state index contributed by atoms with van der Waals surface area (Å²) in [7, 11) is 0. The Labute approximate surface area is 384 Å². The van der Waals surface area contributed by atoms with Gasteiger partial charge in [0.2, 0.25) is 0 Å². The molecular formula is C61H37N5O. The van der Waals surface area contributed by atoms with E-state index in [-0.39, 0.29) is 0 Å². The Balaban J connectivity index is 1.29. The highest BCUT2D eigenvalue weighted by Gasteiger charge is 2.34. The number of nitriles is 2. The fourth-order valence-corrected chi connectivity index (χ4v) is 11.3. The van der Waals surface area contributed by atoms with Gasteiger partial charge in [0.1, 0.15) is 34.4 Å². The van der Waals surface area contributed by atoms with Crippen molar-refractivity contribution in [1.29, 1.82) is 10.5 Å². The van der Waals surface area contributed by atoms with Crippen molar-refractivity contribution in [2.24, 2.45) is 0 Å². The number of aryl methyl sites for hydroxylation is 1. The van der Waals surface area contributed by atoms with Gasteiger partial charge in [-0.2, -0.15) is 10.5 Å². The minimum atomic E-state index is 0.400. The van der Waals surface area contributed by atoms with Gasteiger partial charge in [-0.3, -0.25) is 0 Å². The van der Waals surface area contributed by atoms with Gasteiger partial charge in [0, 0.05) is 54.5 Å². The zero-order chi connectivity index (χ0) is 44.5. The molecule has 0 fully saturated rings. The van der Waals surface area contributed by atoms with E-state index < -0.39 is 0 Å². The highest BCUT2D eigenvalue weighted by molar-refractivity contribution is 6.20. The lowest BCUT2D eigenvalue weighted by molar-refractivity contribution is 0.669. The lowest BCUT2D eigenvalue weighted by atomic mass is 9.91. The highest BCUT2D eigenvalue weighted by atomic mass is 16.3. The largest absolute Gasteiger partial charge is 0.456 e. The van der Waals surface area contributed by atoms with E-state index in [1.54, 1.807) is 0 Å². The second-order valence-corrected chi connectivity index (χ2v) is 17.8. The van der Waals surface area contributed by atoms with Crippen molar-refractivity contribution in [3.05, 3.63) is 204 Å². The van der Waals surface area contributed by atoms with Gasteiger partial charge in [0.25, 0.3) is 0 Å². The topological polar surface area (TPSA) is 75.5 Å². The number of para-hydroxylation sites is 4. The van der Waals surface area contributed by atoms with Gasteiger partial charge in [-0.05, 0) is 84.6 Å². The number of aromatic nitrogens is 3. The summed E-state index contributed by atoms with van der Waals surface area (Å²) in [5.41, 5.74) is 14.2. The van der Waals surface area contributed by atoms with Gasteiger partial charge in [-0.25, -0.2) is 0 Å². The average molecular weight is 856 g/mol. The molecule has 1 aliphatic rings. The van der Waals surface area contributed by atoms with Crippen LogP contribution in [0.2, 0.25) is 0 Å². The fraction of sp³-hybridized carbons (Fsp3) is 0.0492. The van der Waals surface area contributed by atoms with Gasteiger partial charge in [0.05, 0.1) is 44.6 Å². The van der Waals surface area contributed by atoms with Crippen LogP contribution in [0.4, 0.5) is 0 Å². The van der Waals surface area contributed by atoms with Crippen molar-refractivity contribution in [2.75, 3.05) is 0 Å². The van der Waals surface area contributed by atoms with Gasteiger partial charge in [0.15, 0.2) is 0 Å². The second-order valence-electron chi connectivity index (χ2n) is 17.8. The maximum absolute atomic E-state index is 12.2. The second kappa shape index (κ2) is 13.9. The molecule has 0 aliphatic heterocycles. The molecule has 0 spiro atoms. The van der Waals surface area contributed by atoms with E-state index in [9.17, 15) is 10.5 Å². The minimum absolute atomic E-state index is 0.400. The molecule has 0 saturated carbocycles. The zero-order valence-corrected chi connectivity index (χ0v) is 36.4. The Kier molecular flexibility index (Phi) is 7.76. The lowest BCUT2D eigenvalue weighted by Crippen LogP contribution is -2.15. The van der Waals surface area contributed by atoms with E-state index in [4.69, 9.17) is 4.42 Å². The van der Waals surface area contributed by atoms with Crippen LogP contribution in [0, 0.1) is 29.6 Å². The molecule has 67 heavy (non-hydrogen) atoms. The Bertz CT molecular complexity index is 4370. The smallest absolute Gasteiger partial charge is 0.136 e. The molecule has 0 radical (unpaired) electrons. The number of hydrogen-bond donors (Lipinski definition) is 0. The number of nitrogens with zero attached hydrogens (tertiary/aromatic N) is 5. The molecular weight excluding hydrogens is 819 g/mol. The average Bonchev–Trinajstić information content (AvgIpc) is 4.10. The molecule has 14 rings (SSSR count). The van der Waals surface area contributed by atoms with Crippen LogP contribution in [0.25, 0.3) is 121 Å². The molecule has 6 nitrogen and oxygen atoms in total. The minimum Gasteiger partial charge on any atom is -0.456 e. The molecule has 9 aromatic carbocycles. The van der Waals surface area contributed by atoms with Crippen LogP contribution >= 0.6 is 0 Å². The van der Waals surface area contributed by atoms with Crippen LogP contribution < -0.4 is 0 Å². The number of benzene rings is 9. The van der Waals surface area contributed by atoms with Crippen LogP contribution in [0.15, 0.2) is 180 Å². The fourth-order valence-electron chi connectivity index (χ4n) is 11.3. The monoisotopic (exact) mass is 855 g/mol. The van der Waals surface area contributed by atoms with E-state index in [1.165, 1.54) is 0 Å². The lowest BCUT2D eigenvalue weighted by Gasteiger charge is -2.27. The molecule has 0 N–H and O–H groups in total. The van der Waals surface area contributed by atoms with Crippen molar-refractivity contribution in [1.82, 2.24) is 13.7 Å². The molecule has 1 aliphatic carbocycles. The van der Waals surface area contributed by atoms with Crippen molar-refractivity contribution >= 4 is 93.3 Å². The van der Waals surface area contributed by atoms with Crippen LogP contribution in [0.3, 0.4) is 0 Å². The third kappa shape index (κ3) is 5.13. The number of rotatable bonds is 4. The SMILES string of the molecule is Cc1ccc(-c2c(-n3c4c(c5ccccc53)C=CCC4)c(C#N)c(-n3c4cc5ccccc5cc4c4cc5oc6ccccc6c5cc43)c(C#N)c2-n2c3ccccc3c3ccccc32)cc1. The van der Waals surface area contributed by atoms with Crippen molar-refractivity contribution in [2.45, 2.75) is 19.8 Å². The number of fused-ring (bicyclic) bond motifs is 13. The van der Waals surface area contributed by atoms with Gasteiger partial charge < -0.3 is 18.1 Å². The maximum atomic E-state index is 12.2. The van der Waals surface area contributed by atoms with Gasteiger partial charge >= 0.3 is 0 Å².